The molecule has 0 atom stereocenters. The summed E-state index contributed by atoms with van der Waals surface area (Å²) in [7, 11) is 3.81. The molecule has 2 saturated heterocycles. The highest BCUT2D eigenvalue weighted by molar-refractivity contribution is 7.99. The molecule has 0 bridgehead atoms. The molecule has 0 N–H and O–H groups in total. The van der Waals surface area contributed by atoms with E-state index in [0.29, 0.717) is 5.41 Å². The highest BCUT2D eigenvalue weighted by Gasteiger charge is 2.47. The minimum Gasteiger partial charge on any atom is -0.495 e. The molecule has 5 rings (SSSR count). The van der Waals surface area contributed by atoms with Crippen LogP contribution in [0, 0.1) is 5.41 Å². The lowest BCUT2D eigenvalue weighted by Gasteiger charge is -2.48. The molecule has 0 amide bonds. The molecule has 2 aliphatic rings. The van der Waals surface area contributed by atoms with Gasteiger partial charge in [-0.1, -0.05) is 54.2 Å². The Hall–Kier alpha value is -2.51. The van der Waals surface area contributed by atoms with Crippen LogP contribution in [0.25, 0.3) is 11.4 Å². The molecule has 3 aromatic rings. The van der Waals surface area contributed by atoms with Gasteiger partial charge in [0.15, 0.2) is 11.0 Å². The fourth-order valence-electron chi connectivity index (χ4n) is 5.08. The third-order valence-electron chi connectivity index (χ3n) is 6.70. The maximum Gasteiger partial charge on any atom is 0.191 e. The quantitative estimate of drug-likeness (QED) is 0.380. The van der Waals surface area contributed by atoms with Gasteiger partial charge in [-0.15, -0.1) is 10.2 Å². The standard InChI is InChI=1S/C25H31N5OS/c1-28-23(20-9-4-3-5-10-20)26-27-24(28)32-16-8-14-29-17-25(18-29)13-15-30(19-25)21-11-6-7-12-22(21)31-2/h3-7,9-12H,8,13-19H2,1-2H3. The monoisotopic (exact) mass is 449 g/mol. The number of benzene rings is 2. The SMILES string of the molecule is COc1ccccc1N1CCC2(CN(CCCSc3nnc(-c4ccccc4)n3C)C2)C1. The fraction of sp³-hybridized carbons (Fsp3) is 0.440. The summed E-state index contributed by atoms with van der Waals surface area (Å²) in [6.07, 6.45) is 2.45. The van der Waals surface area contributed by atoms with Crippen LogP contribution < -0.4 is 9.64 Å². The number of hydrogen-bond donors (Lipinski definition) is 0. The largest absolute Gasteiger partial charge is 0.495 e. The highest BCUT2D eigenvalue weighted by Crippen LogP contribution is 2.43. The first-order valence-corrected chi connectivity index (χ1v) is 12.3. The van der Waals surface area contributed by atoms with Crippen molar-refractivity contribution in [3.63, 3.8) is 0 Å². The molecule has 0 radical (unpaired) electrons. The van der Waals surface area contributed by atoms with Crippen LogP contribution in [0.4, 0.5) is 5.69 Å². The smallest absolute Gasteiger partial charge is 0.191 e. The zero-order chi connectivity index (χ0) is 22.0. The van der Waals surface area contributed by atoms with E-state index >= 15 is 0 Å². The van der Waals surface area contributed by atoms with Crippen molar-refractivity contribution in [1.29, 1.82) is 0 Å². The molecule has 0 unspecified atom stereocenters. The van der Waals surface area contributed by atoms with E-state index in [2.05, 4.69) is 61.9 Å². The molecule has 2 aliphatic heterocycles. The number of para-hydroxylation sites is 2. The Morgan fingerprint density at radius 3 is 2.59 bits per heavy atom. The van der Waals surface area contributed by atoms with Crippen molar-refractivity contribution in [2.24, 2.45) is 12.5 Å². The van der Waals surface area contributed by atoms with E-state index in [-0.39, 0.29) is 0 Å². The number of methoxy groups -OCH3 is 1. The summed E-state index contributed by atoms with van der Waals surface area (Å²) in [5.41, 5.74) is 2.81. The van der Waals surface area contributed by atoms with Gasteiger partial charge in [-0.05, 0) is 31.5 Å². The molecule has 0 aliphatic carbocycles. The molecule has 32 heavy (non-hydrogen) atoms. The highest BCUT2D eigenvalue weighted by atomic mass is 32.2. The Morgan fingerprint density at radius 1 is 1.00 bits per heavy atom. The Bertz CT molecular complexity index is 1050. The van der Waals surface area contributed by atoms with E-state index in [1.54, 1.807) is 18.9 Å². The second kappa shape index (κ2) is 9.16. The van der Waals surface area contributed by atoms with Crippen LogP contribution >= 0.6 is 11.8 Å². The second-order valence-electron chi connectivity index (χ2n) is 8.99. The second-order valence-corrected chi connectivity index (χ2v) is 10.0. The van der Waals surface area contributed by atoms with Gasteiger partial charge >= 0.3 is 0 Å². The Morgan fingerprint density at radius 2 is 1.78 bits per heavy atom. The van der Waals surface area contributed by atoms with Crippen LogP contribution in [0.1, 0.15) is 12.8 Å². The third-order valence-corrected chi connectivity index (χ3v) is 7.81. The van der Waals surface area contributed by atoms with Gasteiger partial charge in [-0.2, -0.15) is 0 Å². The predicted molar refractivity (Wildman–Crippen MR) is 130 cm³/mol. The summed E-state index contributed by atoms with van der Waals surface area (Å²) >= 11 is 1.81. The van der Waals surface area contributed by atoms with Gasteiger partial charge in [0.25, 0.3) is 0 Å². The summed E-state index contributed by atoms with van der Waals surface area (Å²) in [6, 6.07) is 18.6. The van der Waals surface area contributed by atoms with Gasteiger partial charge in [-0.3, -0.25) is 0 Å². The number of hydrogen-bond acceptors (Lipinski definition) is 6. The van der Waals surface area contributed by atoms with Crippen molar-refractivity contribution in [1.82, 2.24) is 19.7 Å². The maximum atomic E-state index is 5.57. The molecular weight excluding hydrogens is 418 g/mol. The molecule has 2 fully saturated rings. The first kappa shape index (κ1) is 21.3. The zero-order valence-electron chi connectivity index (χ0n) is 18.9. The van der Waals surface area contributed by atoms with E-state index in [9.17, 15) is 0 Å². The Kier molecular flexibility index (Phi) is 6.11. The predicted octanol–water partition coefficient (Wildman–Crippen LogP) is 4.19. The van der Waals surface area contributed by atoms with E-state index in [4.69, 9.17) is 4.74 Å². The number of rotatable bonds is 8. The number of thioether (sulfide) groups is 1. The number of anilines is 1. The van der Waals surface area contributed by atoms with E-state index in [0.717, 1.165) is 47.7 Å². The average molecular weight is 450 g/mol. The van der Waals surface area contributed by atoms with Crippen LogP contribution in [-0.2, 0) is 7.05 Å². The van der Waals surface area contributed by atoms with Gasteiger partial charge in [0, 0.05) is 50.0 Å². The molecule has 6 nitrogen and oxygen atoms in total. The van der Waals surface area contributed by atoms with Crippen molar-refractivity contribution in [3.05, 3.63) is 54.6 Å². The maximum absolute atomic E-state index is 5.57. The molecular formula is C25H31N5OS. The van der Waals surface area contributed by atoms with Crippen LogP contribution in [0.2, 0.25) is 0 Å². The molecule has 2 aromatic carbocycles. The van der Waals surface area contributed by atoms with Crippen LogP contribution in [0.5, 0.6) is 5.75 Å². The normalized spacial score (nSPS) is 17.6. The summed E-state index contributed by atoms with van der Waals surface area (Å²) in [6.45, 7) is 5.85. The van der Waals surface area contributed by atoms with Crippen LogP contribution in [0.15, 0.2) is 59.8 Å². The van der Waals surface area contributed by atoms with Crippen LogP contribution in [0.3, 0.4) is 0 Å². The lowest BCUT2D eigenvalue weighted by molar-refractivity contribution is 0.0190. The molecule has 7 heteroatoms. The van der Waals surface area contributed by atoms with Gasteiger partial charge in [0.2, 0.25) is 0 Å². The first-order valence-electron chi connectivity index (χ1n) is 11.4. The lowest BCUT2D eigenvalue weighted by atomic mass is 9.79. The number of aromatic nitrogens is 3. The van der Waals surface area contributed by atoms with Crippen molar-refractivity contribution < 1.29 is 4.74 Å². The minimum absolute atomic E-state index is 0.460. The van der Waals surface area contributed by atoms with Gasteiger partial charge in [0.1, 0.15) is 5.75 Å². The topological polar surface area (TPSA) is 46.4 Å². The molecule has 1 aromatic heterocycles. The summed E-state index contributed by atoms with van der Waals surface area (Å²) in [5, 5.41) is 9.78. The van der Waals surface area contributed by atoms with Crippen molar-refractivity contribution in [2.45, 2.75) is 18.0 Å². The molecule has 0 saturated carbocycles. The van der Waals surface area contributed by atoms with Gasteiger partial charge in [0.05, 0.1) is 12.8 Å². The number of ether oxygens (including phenoxy) is 1. The molecule has 1 spiro atoms. The zero-order valence-corrected chi connectivity index (χ0v) is 19.7. The first-order chi connectivity index (χ1) is 15.7. The Labute approximate surface area is 194 Å². The van der Waals surface area contributed by atoms with Gasteiger partial charge < -0.3 is 19.1 Å². The third kappa shape index (κ3) is 4.24. The fourth-order valence-corrected chi connectivity index (χ4v) is 5.92. The van der Waals surface area contributed by atoms with Crippen molar-refractivity contribution >= 4 is 17.4 Å². The van der Waals surface area contributed by atoms with Crippen molar-refractivity contribution in [3.8, 4) is 17.1 Å². The average Bonchev–Trinajstić information content (AvgIpc) is 3.41. The lowest BCUT2D eigenvalue weighted by Crippen LogP contribution is -2.57. The Balaban J connectivity index is 1.07. The van der Waals surface area contributed by atoms with E-state index < -0.39 is 0 Å². The number of likely N-dealkylation sites (tertiary alicyclic amines) is 1. The van der Waals surface area contributed by atoms with Crippen LogP contribution in [-0.4, -0.2) is 65.3 Å². The van der Waals surface area contributed by atoms with E-state index in [1.807, 2.05) is 24.3 Å². The molecule has 168 valence electrons. The van der Waals surface area contributed by atoms with Gasteiger partial charge in [-0.25, -0.2) is 0 Å². The van der Waals surface area contributed by atoms with Crippen molar-refractivity contribution in [2.75, 3.05) is 50.5 Å². The summed E-state index contributed by atoms with van der Waals surface area (Å²) in [5.74, 6) is 2.98. The summed E-state index contributed by atoms with van der Waals surface area (Å²) in [4.78, 5) is 5.11. The molecule has 3 heterocycles. The van der Waals surface area contributed by atoms with E-state index in [1.165, 1.54) is 31.6 Å². The number of nitrogens with zero attached hydrogens (tertiary/aromatic N) is 5. The minimum atomic E-state index is 0.460. The summed E-state index contributed by atoms with van der Waals surface area (Å²) < 4.78 is 7.67.